The molecule has 0 saturated heterocycles. The first-order chi connectivity index (χ1) is 14.5. The summed E-state index contributed by atoms with van der Waals surface area (Å²) in [5.74, 6) is 0. The first-order valence-electron chi connectivity index (χ1n) is 9.87. The molecule has 0 unspecified atom stereocenters. The summed E-state index contributed by atoms with van der Waals surface area (Å²) in [6, 6.07) is 27.4. The van der Waals surface area contributed by atoms with Gasteiger partial charge in [-0.05, 0) is 42.3 Å². The molecule has 150 valence electrons. The number of hydrogen-bond donors (Lipinski definition) is 0. The number of benzene rings is 3. The molecule has 0 spiro atoms. The van der Waals surface area contributed by atoms with Crippen molar-refractivity contribution in [2.45, 2.75) is 24.8 Å². The van der Waals surface area contributed by atoms with Gasteiger partial charge in [-0.1, -0.05) is 66.2 Å². The summed E-state index contributed by atoms with van der Waals surface area (Å²) >= 11 is 1.76. The van der Waals surface area contributed by atoms with Gasteiger partial charge in [-0.25, -0.2) is 8.42 Å². The third-order valence-electron chi connectivity index (χ3n) is 5.42. The largest absolute Gasteiger partial charge is 0.264 e. The lowest BCUT2D eigenvalue weighted by atomic mass is 10.0. The molecular formula is C25H21NO2S2. The van der Waals surface area contributed by atoms with Crippen LogP contribution in [0.4, 0.5) is 5.69 Å². The van der Waals surface area contributed by atoms with Gasteiger partial charge in [-0.3, -0.25) is 4.31 Å². The zero-order valence-corrected chi connectivity index (χ0v) is 18.2. The van der Waals surface area contributed by atoms with Gasteiger partial charge < -0.3 is 0 Å². The van der Waals surface area contributed by atoms with Gasteiger partial charge in [0.2, 0.25) is 0 Å². The van der Waals surface area contributed by atoms with Crippen LogP contribution < -0.4 is 4.31 Å². The third-order valence-corrected chi connectivity index (χ3v) is 8.41. The monoisotopic (exact) mass is 431 g/mol. The molecule has 0 saturated carbocycles. The van der Waals surface area contributed by atoms with Gasteiger partial charge in [0, 0.05) is 21.7 Å². The Morgan fingerprint density at radius 1 is 0.900 bits per heavy atom. The van der Waals surface area contributed by atoms with E-state index in [-0.39, 0.29) is 0 Å². The third kappa shape index (κ3) is 3.34. The van der Waals surface area contributed by atoms with Crippen LogP contribution in [0.1, 0.15) is 21.6 Å². The number of thiophene rings is 1. The number of anilines is 1. The number of aryl methyl sites for hydroxylation is 1. The zero-order chi connectivity index (χ0) is 20.7. The predicted molar refractivity (Wildman–Crippen MR) is 124 cm³/mol. The lowest BCUT2D eigenvalue weighted by Gasteiger charge is -2.30. The van der Waals surface area contributed by atoms with Crippen molar-refractivity contribution in [1.29, 1.82) is 0 Å². The quantitative estimate of drug-likeness (QED) is 0.396. The standard InChI is InChI=1S/C25H21NO2S2/c1-18-11-13-22(14-12-18)30(27,28)26-17-20-16-21(15-19-7-3-2-4-8-19)29-25(20)23-9-5-6-10-24(23)26/h2-14,16H,15,17H2,1H3. The van der Waals surface area contributed by atoms with Crippen LogP contribution in [-0.4, -0.2) is 8.42 Å². The second-order valence-corrected chi connectivity index (χ2v) is 10.6. The summed E-state index contributed by atoms with van der Waals surface area (Å²) in [7, 11) is -3.65. The number of hydrogen-bond acceptors (Lipinski definition) is 3. The summed E-state index contributed by atoms with van der Waals surface area (Å²) in [6.45, 7) is 2.31. The second-order valence-electron chi connectivity index (χ2n) is 7.57. The molecule has 1 aliphatic rings. The summed E-state index contributed by atoms with van der Waals surface area (Å²) in [4.78, 5) is 2.74. The molecule has 3 aromatic carbocycles. The van der Waals surface area contributed by atoms with Crippen molar-refractivity contribution in [1.82, 2.24) is 0 Å². The van der Waals surface area contributed by atoms with Crippen LogP contribution in [0.5, 0.6) is 0 Å². The van der Waals surface area contributed by atoms with Crippen LogP contribution in [0.15, 0.2) is 89.8 Å². The van der Waals surface area contributed by atoms with Crippen molar-refractivity contribution in [3.8, 4) is 10.4 Å². The molecule has 30 heavy (non-hydrogen) atoms. The van der Waals surface area contributed by atoms with E-state index in [0.29, 0.717) is 11.4 Å². The molecule has 1 aromatic heterocycles. The van der Waals surface area contributed by atoms with Crippen LogP contribution in [0.2, 0.25) is 0 Å². The van der Waals surface area contributed by atoms with Crippen LogP contribution in [0.25, 0.3) is 10.4 Å². The molecule has 0 amide bonds. The van der Waals surface area contributed by atoms with Gasteiger partial charge >= 0.3 is 0 Å². The molecule has 0 N–H and O–H groups in total. The Kier molecular flexibility index (Phi) is 4.72. The van der Waals surface area contributed by atoms with E-state index in [4.69, 9.17) is 0 Å². The van der Waals surface area contributed by atoms with Gasteiger partial charge in [0.25, 0.3) is 10.0 Å². The van der Waals surface area contributed by atoms with Crippen molar-refractivity contribution >= 4 is 27.0 Å². The molecule has 0 radical (unpaired) electrons. The lowest BCUT2D eigenvalue weighted by Crippen LogP contribution is -2.32. The van der Waals surface area contributed by atoms with E-state index in [9.17, 15) is 8.42 Å². The maximum atomic E-state index is 13.5. The van der Waals surface area contributed by atoms with E-state index < -0.39 is 10.0 Å². The highest BCUT2D eigenvalue weighted by molar-refractivity contribution is 7.92. The topological polar surface area (TPSA) is 37.4 Å². The Morgan fingerprint density at radius 3 is 2.37 bits per heavy atom. The van der Waals surface area contributed by atoms with Crippen molar-refractivity contribution in [3.63, 3.8) is 0 Å². The molecule has 4 aromatic rings. The van der Waals surface area contributed by atoms with Gasteiger partial charge in [0.1, 0.15) is 0 Å². The summed E-state index contributed by atoms with van der Waals surface area (Å²) < 4.78 is 28.5. The minimum Gasteiger partial charge on any atom is -0.261 e. The lowest BCUT2D eigenvalue weighted by molar-refractivity contribution is 0.590. The normalized spacial score (nSPS) is 13.0. The Hall–Kier alpha value is -2.89. The SMILES string of the molecule is Cc1ccc(S(=O)(=O)N2Cc3cc(Cc4ccccc4)sc3-c3ccccc32)cc1. The van der Waals surface area contributed by atoms with Crippen LogP contribution in [0.3, 0.4) is 0 Å². The van der Waals surface area contributed by atoms with E-state index >= 15 is 0 Å². The molecule has 0 aliphatic carbocycles. The zero-order valence-electron chi connectivity index (χ0n) is 16.6. The molecular weight excluding hydrogens is 410 g/mol. The van der Waals surface area contributed by atoms with E-state index in [0.717, 1.165) is 28.8 Å². The highest BCUT2D eigenvalue weighted by atomic mass is 32.2. The van der Waals surface area contributed by atoms with E-state index in [1.54, 1.807) is 27.8 Å². The second kappa shape index (κ2) is 7.42. The highest BCUT2D eigenvalue weighted by Crippen LogP contribution is 2.45. The first kappa shape index (κ1) is 19.1. The Morgan fingerprint density at radius 2 is 1.60 bits per heavy atom. The predicted octanol–water partition coefficient (Wildman–Crippen LogP) is 6.02. The Bertz CT molecular complexity index is 1310. The number of sulfonamides is 1. The fourth-order valence-electron chi connectivity index (χ4n) is 3.89. The van der Waals surface area contributed by atoms with Crippen molar-refractivity contribution in [2.24, 2.45) is 0 Å². The highest BCUT2D eigenvalue weighted by Gasteiger charge is 2.32. The molecule has 1 aliphatic heterocycles. The smallest absolute Gasteiger partial charge is 0.261 e. The molecule has 5 rings (SSSR count). The summed E-state index contributed by atoms with van der Waals surface area (Å²) in [5.41, 5.74) is 5.10. The van der Waals surface area contributed by atoms with E-state index in [2.05, 4.69) is 18.2 Å². The summed E-state index contributed by atoms with van der Waals surface area (Å²) in [6.07, 6.45) is 0.853. The number of rotatable bonds is 4. The number of para-hydroxylation sites is 1. The Labute approximate surface area is 181 Å². The van der Waals surface area contributed by atoms with E-state index in [1.165, 1.54) is 15.3 Å². The molecule has 0 atom stereocenters. The number of fused-ring (bicyclic) bond motifs is 3. The minimum atomic E-state index is -3.65. The van der Waals surface area contributed by atoms with Gasteiger partial charge in [0.15, 0.2) is 0 Å². The van der Waals surface area contributed by atoms with Gasteiger partial charge in [-0.15, -0.1) is 11.3 Å². The molecule has 0 bridgehead atoms. The molecule has 0 fully saturated rings. The molecule has 2 heterocycles. The van der Waals surface area contributed by atoms with Crippen molar-refractivity contribution in [2.75, 3.05) is 4.31 Å². The van der Waals surface area contributed by atoms with Crippen molar-refractivity contribution in [3.05, 3.63) is 106 Å². The number of nitrogens with zero attached hydrogens (tertiary/aromatic N) is 1. The van der Waals surface area contributed by atoms with Crippen LogP contribution in [-0.2, 0) is 23.0 Å². The summed E-state index contributed by atoms with van der Waals surface area (Å²) in [5, 5.41) is 0. The Balaban J connectivity index is 1.57. The minimum absolute atomic E-state index is 0.325. The molecule has 5 heteroatoms. The average Bonchev–Trinajstić information content (AvgIpc) is 3.17. The molecule has 3 nitrogen and oxygen atoms in total. The van der Waals surface area contributed by atoms with Gasteiger partial charge in [0.05, 0.1) is 17.1 Å². The fourth-order valence-corrected chi connectivity index (χ4v) is 6.59. The fraction of sp³-hybridized carbons (Fsp3) is 0.120. The maximum Gasteiger partial charge on any atom is 0.264 e. The first-order valence-corrected chi connectivity index (χ1v) is 12.1. The van der Waals surface area contributed by atoms with Crippen LogP contribution >= 0.6 is 11.3 Å². The van der Waals surface area contributed by atoms with Crippen LogP contribution in [0, 0.1) is 6.92 Å². The van der Waals surface area contributed by atoms with Gasteiger partial charge in [-0.2, -0.15) is 0 Å². The maximum absolute atomic E-state index is 13.5. The average molecular weight is 432 g/mol. The van der Waals surface area contributed by atoms with Crippen molar-refractivity contribution < 1.29 is 8.42 Å². The van der Waals surface area contributed by atoms with E-state index in [1.807, 2.05) is 61.5 Å².